The molecule has 2 N–H and O–H groups in total. The van der Waals surface area contributed by atoms with Gasteiger partial charge in [0, 0.05) is 36.5 Å². The average Bonchev–Trinajstić information content (AvgIpc) is 2.81. The van der Waals surface area contributed by atoms with Crippen molar-refractivity contribution in [1.82, 2.24) is 0 Å². The van der Waals surface area contributed by atoms with Crippen LogP contribution in [0.3, 0.4) is 0 Å². The molecule has 1 aliphatic heterocycles. The fourth-order valence-electron chi connectivity index (χ4n) is 2.22. The Bertz CT molecular complexity index is 447. The Kier molecular flexibility index (Phi) is 4.43. The predicted molar refractivity (Wildman–Crippen MR) is 79.6 cm³/mol. The van der Waals surface area contributed by atoms with Crippen LogP contribution in [-0.2, 0) is 4.74 Å². The van der Waals surface area contributed by atoms with Crippen molar-refractivity contribution in [2.24, 2.45) is 5.73 Å². The fraction of sp³-hybridized carbons (Fsp3) is 0.462. The van der Waals surface area contributed by atoms with Crippen LogP contribution in [0, 0.1) is 0 Å². The summed E-state index contributed by atoms with van der Waals surface area (Å²) in [7, 11) is 2.01. The lowest BCUT2D eigenvalue weighted by Crippen LogP contribution is -2.30. The van der Waals surface area contributed by atoms with E-state index in [1.807, 2.05) is 19.2 Å². The zero-order valence-electron chi connectivity index (χ0n) is 10.4. The van der Waals surface area contributed by atoms with Crippen LogP contribution < -0.4 is 10.6 Å². The van der Waals surface area contributed by atoms with Crippen LogP contribution in [0.15, 0.2) is 18.2 Å². The van der Waals surface area contributed by atoms with Gasteiger partial charge < -0.3 is 15.4 Å². The van der Waals surface area contributed by atoms with Gasteiger partial charge >= 0.3 is 0 Å². The molecule has 1 saturated heterocycles. The van der Waals surface area contributed by atoms with Crippen LogP contribution in [0.25, 0.3) is 0 Å². The van der Waals surface area contributed by atoms with Crippen molar-refractivity contribution in [3.63, 3.8) is 0 Å². The third kappa shape index (κ3) is 3.13. The lowest BCUT2D eigenvalue weighted by Gasteiger charge is -2.25. The van der Waals surface area contributed by atoms with Gasteiger partial charge in [0.15, 0.2) is 0 Å². The zero-order valence-corrected chi connectivity index (χ0v) is 11.9. The van der Waals surface area contributed by atoms with Crippen LogP contribution in [0.4, 0.5) is 5.69 Å². The first-order valence-corrected chi connectivity index (χ1v) is 6.78. The maximum absolute atomic E-state index is 6.04. The molecular formula is C13H17ClN2OS. The SMILES string of the molecule is CN(CC1CCCO1)c1cc(Cl)ccc1C(N)=S. The monoisotopic (exact) mass is 284 g/mol. The molecule has 2 rings (SSSR count). The van der Waals surface area contributed by atoms with Gasteiger partial charge in [0.1, 0.15) is 4.99 Å². The average molecular weight is 285 g/mol. The molecule has 1 fully saturated rings. The highest BCUT2D eigenvalue weighted by Crippen LogP contribution is 2.25. The number of nitrogens with two attached hydrogens (primary N) is 1. The minimum absolute atomic E-state index is 0.285. The van der Waals surface area contributed by atoms with Crippen LogP contribution in [0.5, 0.6) is 0 Å². The van der Waals surface area contributed by atoms with Gasteiger partial charge in [0.2, 0.25) is 0 Å². The summed E-state index contributed by atoms with van der Waals surface area (Å²) in [6, 6.07) is 5.57. The lowest BCUT2D eigenvalue weighted by atomic mass is 10.1. The van der Waals surface area contributed by atoms with E-state index < -0.39 is 0 Å². The van der Waals surface area contributed by atoms with Gasteiger partial charge in [0.25, 0.3) is 0 Å². The van der Waals surface area contributed by atoms with Crippen molar-refractivity contribution in [3.8, 4) is 0 Å². The number of hydrogen-bond acceptors (Lipinski definition) is 3. The number of ether oxygens (including phenoxy) is 1. The Morgan fingerprint density at radius 1 is 1.61 bits per heavy atom. The van der Waals surface area contributed by atoms with Crippen molar-refractivity contribution in [3.05, 3.63) is 28.8 Å². The molecular weight excluding hydrogens is 268 g/mol. The molecule has 1 aliphatic rings. The summed E-state index contributed by atoms with van der Waals surface area (Å²) < 4.78 is 5.64. The number of halogens is 1. The highest BCUT2D eigenvalue weighted by Gasteiger charge is 2.19. The number of hydrogen-bond donors (Lipinski definition) is 1. The first-order valence-electron chi connectivity index (χ1n) is 6.00. The molecule has 18 heavy (non-hydrogen) atoms. The number of nitrogens with zero attached hydrogens (tertiary/aromatic N) is 1. The smallest absolute Gasteiger partial charge is 0.106 e. The van der Waals surface area contributed by atoms with E-state index in [-0.39, 0.29) is 6.10 Å². The second-order valence-electron chi connectivity index (χ2n) is 4.54. The van der Waals surface area contributed by atoms with E-state index in [0.29, 0.717) is 10.0 Å². The molecule has 0 aliphatic carbocycles. The van der Waals surface area contributed by atoms with E-state index in [2.05, 4.69) is 4.90 Å². The number of rotatable bonds is 4. The van der Waals surface area contributed by atoms with Gasteiger partial charge in [-0.15, -0.1) is 0 Å². The Hall–Kier alpha value is -0.840. The summed E-state index contributed by atoms with van der Waals surface area (Å²) in [5.74, 6) is 0. The summed E-state index contributed by atoms with van der Waals surface area (Å²) in [6.07, 6.45) is 2.52. The molecule has 1 aromatic rings. The quantitative estimate of drug-likeness (QED) is 0.863. The maximum Gasteiger partial charge on any atom is 0.106 e. The van der Waals surface area contributed by atoms with Crippen LogP contribution in [0.2, 0.25) is 5.02 Å². The van der Waals surface area contributed by atoms with Gasteiger partial charge in [-0.05, 0) is 31.0 Å². The van der Waals surface area contributed by atoms with Gasteiger partial charge in [-0.25, -0.2) is 0 Å². The maximum atomic E-state index is 6.04. The van der Waals surface area contributed by atoms with E-state index in [1.54, 1.807) is 6.07 Å². The highest BCUT2D eigenvalue weighted by atomic mass is 35.5. The molecule has 0 amide bonds. The lowest BCUT2D eigenvalue weighted by molar-refractivity contribution is 0.116. The van der Waals surface area contributed by atoms with E-state index in [4.69, 9.17) is 34.3 Å². The molecule has 1 heterocycles. The third-order valence-electron chi connectivity index (χ3n) is 3.14. The number of anilines is 1. The topological polar surface area (TPSA) is 38.5 Å². The molecule has 0 aromatic heterocycles. The summed E-state index contributed by atoms with van der Waals surface area (Å²) in [4.78, 5) is 2.50. The fourth-order valence-corrected chi connectivity index (χ4v) is 2.56. The molecule has 0 saturated carbocycles. The molecule has 3 nitrogen and oxygen atoms in total. The van der Waals surface area contributed by atoms with Crippen molar-refractivity contribution in [2.45, 2.75) is 18.9 Å². The van der Waals surface area contributed by atoms with Gasteiger partial charge in [-0.3, -0.25) is 0 Å². The first-order chi connectivity index (χ1) is 8.58. The second kappa shape index (κ2) is 5.87. The number of benzene rings is 1. The van der Waals surface area contributed by atoms with E-state index in [1.165, 1.54) is 0 Å². The molecule has 1 atom stereocenters. The molecule has 1 aromatic carbocycles. The summed E-state index contributed by atoms with van der Waals surface area (Å²) in [5.41, 5.74) is 7.56. The minimum atomic E-state index is 0.285. The number of thiocarbonyl (C=S) groups is 1. The third-order valence-corrected chi connectivity index (χ3v) is 3.59. The van der Waals surface area contributed by atoms with Crippen molar-refractivity contribution < 1.29 is 4.74 Å². The Labute approximate surface area is 118 Å². The van der Waals surface area contributed by atoms with E-state index in [0.717, 1.165) is 37.2 Å². The molecule has 0 spiro atoms. The Morgan fingerprint density at radius 2 is 2.39 bits per heavy atom. The summed E-state index contributed by atoms with van der Waals surface area (Å²) in [5, 5.41) is 0.684. The first kappa shape index (κ1) is 13.6. The standard InChI is InChI=1S/C13H17ClN2OS/c1-16(8-10-3-2-6-17-10)12-7-9(14)4-5-11(12)13(15)18/h4-5,7,10H,2-3,6,8H2,1H3,(H2,15,18). The van der Waals surface area contributed by atoms with Crippen molar-refractivity contribution >= 4 is 34.5 Å². The van der Waals surface area contributed by atoms with Crippen LogP contribution in [0.1, 0.15) is 18.4 Å². The summed E-state index contributed by atoms with van der Waals surface area (Å²) >= 11 is 11.1. The Morgan fingerprint density at radius 3 is 3.00 bits per heavy atom. The van der Waals surface area contributed by atoms with Crippen LogP contribution in [-0.4, -0.2) is 31.3 Å². The predicted octanol–water partition coefficient (Wildman–Crippen LogP) is 2.59. The zero-order chi connectivity index (χ0) is 13.1. The molecule has 98 valence electrons. The molecule has 5 heteroatoms. The molecule has 1 unspecified atom stereocenters. The largest absolute Gasteiger partial charge is 0.389 e. The normalized spacial score (nSPS) is 18.9. The van der Waals surface area contributed by atoms with Gasteiger partial charge in [0.05, 0.1) is 6.10 Å². The highest BCUT2D eigenvalue weighted by molar-refractivity contribution is 7.80. The van der Waals surface area contributed by atoms with E-state index in [9.17, 15) is 0 Å². The van der Waals surface area contributed by atoms with Crippen molar-refractivity contribution in [1.29, 1.82) is 0 Å². The Balaban J connectivity index is 2.19. The van der Waals surface area contributed by atoms with Gasteiger partial charge in [-0.1, -0.05) is 23.8 Å². The number of likely N-dealkylation sites (N-methyl/N-ethyl adjacent to an activating group) is 1. The molecule has 0 radical (unpaired) electrons. The minimum Gasteiger partial charge on any atom is -0.389 e. The molecule has 0 bridgehead atoms. The van der Waals surface area contributed by atoms with E-state index >= 15 is 0 Å². The van der Waals surface area contributed by atoms with Crippen LogP contribution >= 0.6 is 23.8 Å². The van der Waals surface area contributed by atoms with Crippen molar-refractivity contribution in [2.75, 3.05) is 25.1 Å². The van der Waals surface area contributed by atoms with Gasteiger partial charge in [-0.2, -0.15) is 0 Å². The second-order valence-corrected chi connectivity index (χ2v) is 5.42. The summed E-state index contributed by atoms with van der Waals surface area (Å²) in [6.45, 7) is 1.69.